The highest BCUT2D eigenvalue weighted by atomic mass is 16.6. The van der Waals surface area contributed by atoms with E-state index in [-0.39, 0.29) is 52.0 Å². The van der Waals surface area contributed by atoms with Crippen molar-refractivity contribution in [2.75, 3.05) is 32.7 Å². The summed E-state index contributed by atoms with van der Waals surface area (Å²) in [6.45, 7) is 21.5. The van der Waals surface area contributed by atoms with Crippen molar-refractivity contribution in [1.29, 1.82) is 0 Å². The summed E-state index contributed by atoms with van der Waals surface area (Å²) in [6, 6.07) is -1.25. The van der Waals surface area contributed by atoms with Gasteiger partial charge in [0.15, 0.2) is 0 Å². The average molecular weight is 647 g/mol. The van der Waals surface area contributed by atoms with Gasteiger partial charge in [-0.15, -0.1) is 0 Å². The van der Waals surface area contributed by atoms with Crippen LogP contribution in [0.1, 0.15) is 109 Å². The molecule has 0 spiro atoms. The molecule has 0 aliphatic rings. The fraction of sp³-hybridized carbons (Fsp3) is 0.839. The van der Waals surface area contributed by atoms with Gasteiger partial charge in [0.05, 0.1) is 0 Å². The number of ether oxygens (including phenoxy) is 4. The molecule has 0 saturated heterocycles. The van der Waals surface area contributed by atoms with Gasteiger partial charge in [-0.1, -0.05) is 0 Å². The molecule has 0 aromatic carbocycles. The van der Waals surface area contributed by atoms with Crippen molar-refractivity contribution in [3.05, 3.63) is 0 Å². The normalized spacial score (nSPS) is 12.8. The van der Waals surface area contributed by atoms with Crippen molar-refractivity contribution >= 4 is 30.3 Å². The van der Waals surface area contributed by atoms with Crippen LogP contribution < -0.4 is 10.6 Å². The minimum atomic E-state index is -1.25. The summed E-state index contributed by atoms with van der Waals surface area (Å²) in [5.41, 5.74) is -2.94. The number of nitrogens with one attached hydrogen (secondary N) is 2. The van der Waals surface area contributed by atoms with Crippen LogP contribution in [0.3, 0.4) is 0 Å². The van der Waals surface area contributed by atoms with Gasteiger partial charge in [-0.05, 0) is 109 Å². The molecule has 0 radical (unpaired) electrons. The first-order chi connectivity index (χ1) is 20.3. The number of amides is 4. The van der Waals surface area contributed by atoms with Crippen molar-refractivity contribution in [3.63, 3.8) is 0 Å². The van der Waals surface area contributed by atoms with E-state index < -0.39 is 58.8 Å². The second-order valence-electron chi connectivity index (χ2n) is 14.7. The van der Waals surface area contributed by atoms with Gasteiger partial charge in [-0.25, -0.2) is 24.0 Å². The fourth-order valence-electron chi connectivity index (χ4n) is 3.73. The van der Waals surface area contributed by atoms with Gasteiger partial charge in [-0.2, -0.15) is 0 Å². The van der Waals surface area contributed by atoms with Crippen molar-refractivity contribution in [2.45, 2.75) is 137 Å². The lowest BCUT2D eigenvalue weighted by atomic mass is 10.1. The third kappa shape index (κ3) is 21.8. The largest absolute Gasteiger partial charge is 0.480 e. The molecule has 3 N–H and O–H groups in total. The van der Waals surface area contributed by atoms with Crippen LogP contribution in [0.15, 0.2) is 0 Å². The fourth-order valence-corrected chi connectivity index (χ4v) is 3.73. The third-order valence-electron chi connectivity index (χ3n) is 5.36. The highest BCUT2D eigenvalue weighted by molar-refractivity contribution is 5.80. The van der Waals surface area contributed by atoms with Gasteiger partial charge >= 0.3 is 30.3 Å². The summed E-state index contributed by atoms with van der Waals surface area (Å²) in [6.07, 6.45) is -1.68. The number of carboxylic acid groups (broad SMARTS) is 1. The zero-order valence-electron chi connectivity index (χ0n) is 29.5. The topological polar surface area (TPSA) is 173 Å². The Kier molecular flexibility index (Phi) is 16.5. The Labute approximate surface area is 268 Å². The van der Waals surface area contributed by atoms with Gasteiger partial charge in [0.2, 0.25) is 0 Å². The van der Waals surface area contributed by atoms with Crippen LogP contribution in [0.25, 0.3) is 0 Å². The predicted molar refractivity (Wildman–Crippen MR) is 169 cm³/mol. The first-order valence-electron chi connectivity index (χ1n) is 15.4. The summed E-state index contributed by atoms with van der Waals surface area (Å²) in [5, 5.41) is 15.4. The minimum Gasteiger partial charge on any atom is -0.480 e. The van der Waals surface area contributed by atoms with E-state index in [1.165, 1.54) is 4.90 Å². The van der Waals surface area contributed by atoms with Crippen LogP contribution in [-0.4, -0.2) is 106 Å². The molecule has 1 atom stereocenters. The molecule has 4 amide bonds. The Morgan fingerprint density at radius 1 is 0.578 bits per heavy atom. The lowest BCUT2D eigenvalue weighted by Crippen LogP contribution is -2.48. The van der Waals surface area contributed by atoms with E-state index >= 15 is 0 Å². The summed E-state index contributed by atoms with van der Waals surface area (Å²) in [7, 11) is 0. The number of aliphatic carboxylic acids is 1. The molecule has 45 heavy (non-hydrogen) atoms. The average Bonchev–Trinajstić information content (AvgIpc) is 2.79. The number of nitrogens with zero attached hydrogens (tertiary/aromatic N) is 2. The van der Waals surface area contributed by atoms with Crippen LogP contribution in [0, 0.1) is 0 Å². The van der Waals surface area contributed by atoms with Crippen molar-refractivity contribution in [1.82, 2.24) is 20.4 Å². The number of carbonyl (C=O) groups is 5. The van der Waals surface area contributed by atoms with E-state index in [1.54, 1.807) is 83.1 Å². The lowest BCUT2D eigenvalue weighted by molar-refractivity contribution is -0.143. The summed E-state index contributed by atoms with van der Waals surface area (Å²) in [4.78, 5) is 65.0. The summed E-state index contributed by atoms with van der Waals surface area (Å²) >= 11 is 0. The Morgan fingerprint density at radius 3 is 1.36 bits per heavy atom. The molecule has 0 unspecified atom stereocenters. The van der Waals surface area contributed by atoms with Gasteiger partial charge in [-0.3, -0.25) is 4.90 Å². The van der Waals surface area contributed by atoms with Crippen LogP contribution in [0.5, 0.6) is 0 Å². The second-order valence-corrected chi connectivity index (χ2v) is 14.7. The molecule has 0 aromatic rings. The van der Waals surface area contributed by atoms with Gasteiger partial charge in [0.1, 0.15) is 28.4 Å². The maximum Gasteiger partial charge on any atom is 0.411 e. The molecule has 0 aliphatic carbocycles. The Hall–Kier alpha value is -3.45. The third-order valence-corrected chi connectivity index (χ3v) is 5.36. The molecule has 0 aliphatic heterocycles. The van der Waals surface area contributed by atoms with Gasteiger partial charge in [0, 0.05) is 32.7 Å². The maximum atomic E-state index is 13.1. The van der Waals surface area contributed by atoms with Crippen LogP contribution in [0.4, 0.5) is 19.2 Å². The van der Waals surface area contributed by atoms with E-state index in [9.17, 15) is 29.1 Å². The molecule has 0 fully saturated rings. The lowest BCUT2D eigenvalue weighted by Gasteiger charge is -2.32. The number of hydrogen-bond donors (Lipinski definition) is 3. The van der Waals surface area contributed by atoms with Crippen LogP contribution >= 0.6 is 0 Å². The quantitative estimate of drug-likeness (QED) is 0.161. The molecule has 0 saturated carbocycles. The minimum absolute atomic E-state index is 0.00616. The smallest absolute Gasteiger partial charge is 0.411 e. The second kappa shape index (κ2) is 17.9. The zero-order chi connectivity index (χ0) is 35.2. The van der Waals surface area contributed by atoms with Crippen molar-refractivity contribution in [3.8, 4) is 0 Å². The van der Waals surface area contributed by atoms with E-state index in [2.05, 4.69) is 10.6 Å². The number of hydrogen-bond acceptors (Lipinski definition) is 9. The molecular weight excluding hydrogens is 588 g/mol. The highest BCUT2D eigenvalue weighted by Gasteiger charge is 2.33. The Bertz CT molecular complexity index is 975. The van der Waals surface area contributed by atoms with E-state index in [0.717, 1.165) is 4.90 Å². The monoisotopic (exact) mass is 646 g/mol. The molecular formula is C31H58N4O10. The molecule has 0 heterocycles. The first-order valence-corrected chi connectivity index (χ1v) is 15.4. The van der Waals surface area contributed by atoms with Crippen molar-refractivity contribution in [2.24, 2.45) is 0 Å². The Morgan fingerprint density at radius 2 is 0.956 bits per heavy atom. The summed E-state index contributed by atoms with van der Waals surface area (Å²) in [5.74, 6) is -1.23. The molecule has 14 heteroatoms. The molecule has 14 nitrogen and oxygen atoms in total. The number of carbonyl (C=O) groups excluding carboxylic acids is 4. The van der Waals surface area contributed by atoms with Gasteiger partial charge < -0.3 is 39.6 Å². The standard InChI is InChI=1S/C31H58N4O10/c1-28(2,3)42-24(38)32-17-14-20-34(26(40)44-30(7,8)9)19-13-16-22(23(36)37)35(27(41)45-31(10,11)12)21-15-18-33-25(39)43-29(4,5)6/h22H,13-21H2,1-12H3,(H,32,38)(H,33,39)(H,36,37)/t22-/m1/s1. The molecule has 262 valence electrons. The van der Waals surface area contributed by atoms with Crippen molar-refractivity contribution < 1.29 is 48.0 Å². The van der Waals surface area contributed by atoms with Gasteiger partial charge in [0.25, 0.3) is 0 Å². The zero-order valence-corrected chi connectivity index (χ0v) is 29.5. The summed E-state index contributed by atoms with van der Waals surface area (Å²) < 4.78 is 21.5. The van der Waals surface area contributed by atoms with E-state index in [1.807, 2.05) is 0 Å². The Balaban J connectivity index is 5.53. The number of alkyl carbamates (subject to hydrolysis) is 2. The molecule has 0 bridgehead atoms. The molecule has 0 rings (SSSR count). The maximum absolute atomic E-state index is 13.1. The highest BCUT2D eigenvalue weighted by Crippen LogP contribution is 2.17. The number of carboxylic acids is 1. The number of rotatable bonds is 14. The van der Waals surface area contributed by atoms with E-state index in [4.69, 9.17) is 18.9 Å². The van der Waals surface area contributed by atoms with E-state index in [0.29, 0.717) is 6.42 Å². The van der Waals surface area contributed by atoms with Crippen LogP contribution in [-0.2, 0) is 23.7 Å². The predicted octanol–water partition coefficient (Wildman–Crippen LogP) is 5.52. The molecule has 0 aromatic heterocycles. The van der Waals surface area contributed by atoms with Crippen LogP contribution in [0.2, 0.25) is 0 Å². The SMILES string of the molecule is CC(C)(C)OC(=O)NCCCN(CCC[C@H](C(=O)O)N(CCCNC(=O)OC(C)(C)C)C(=O)OC(C)(C)C)C(=O)OC(C)(C)C. The first kappa shape index (κ1) is 41.5.